The number of ether oxygens (including phenoxy) is 1. The van der Waals surface area contributed by atoms with E-state index < -0.39 is 0 Å². The quantitative estimate of drug-likeness (QED) is 0.899. The van der Waals surface area contributed by atoms with Crippen LogP contribution in [0.5, 0.6) is 5.88 Å². The number of likely N-dealkylation sites (tertiary alicyclic amines) is 1. The van der Waals surface area contributed by atoms with Gasteiger partial charge < -0.3 is 10.5 Å². The molecule has 1 saturated heterocycles. The summed E-state index contributed by atoms with van der Waals surface area (Å²) in [7, 11) is 1.64. The van der Waals surface area contributed by atoms with E-state index in [2.05, 4.69) is 29.8 Å². The van der Waals surface area contributed by atoms with Crippen molar-refractivity contribution >= 4 is 0 Å². The number of aromatic nitrogens is 1. The highest BCUT2D eigenvalue weighted by molar-refractivity contribution is 5.21. The van der Waals surface area contributed by atoms with Gasteiger partial charge >= 0.3 is 0 Å². The molecule has 4 nitrogen and oxygen atoms in total. The van der Waals surface area contributed by atoms with Crippen LogP contribution in [0.4, 0.5) is 0 Å². The van der Waals surface area contributed by atoms with Gasteiger partial charge in [-0.1, -0.05) is 26.3 Å². The van der Waals surface area contributed by atoms with E-state index in [9.17, 15) is 0 Å². The Morgan fingerprint density at radius 2 is 2.10 bits per heavy atom. The first kappa shape index (κ1) is 15.3. The van der Waals surface area contributed by atoms with Crippen LogP contribution in [-0.4, -0.2) is 36.6 Å². The third kappa shape index (κ3) is 3.30. The Morgan fingerprint density at radius 1 is 1.40 bits per heavy atom. The van der Waals surface area contributed by atoms with E-state index in [0.29, 0.717) is 17.8 Å². The van der Waals surface area contributed by atoms with E-state index in [1.807, 2.05) is 12.3 Å². The van der Waals surface area contributed by atoms with Gasteiger partial charge in [-0.2, -0.15) is 0 Å². The van der Waals surface area contributed by atoms with Gasteiger partial charge in [0, 0.05) is 24.8 Å². The predicted octanol–water partition coefficient (Wildman–Crippen LogP) is 2.60. The Hall–Kier alpha value is -1.13. The van der Waals surface area contributed by atoms with Crippen LogP contribution < -0.4 is 10.5 Å². The van der Waals surface area contributed by atoms with E-state index >= 15 is 0 Å². The first-order chi connectivity index (χ1) is 9.61. The maximum Gasteiger partial charge on any atom is 0.212 e. The summed E-state index contributed by atoms with van der Waals surface area (Å²) in [5.41, 5.74) is 7.70. The van der Waals surface area contributed by atoms with Crippen molar-refractivity contribution in [3.05, 3.63) is 23.9 Å². The molecule has 4 heteroatoms. The summed E-state index contributed by atoms with van der Waals surface area (Å²) in [5, 5.41) is 0. The van der Waals surface area contributed by atoms with Crippen molar-refractivity contribution in [2.24, 2.45) is 11.1 Å². The highest BCUT2D eigenvalue weighted by Gasteiger charge is 2.31. The van der Waals surface area contributed by atoms with E-state index in [1.165, 1.54) is 24.8 Å². The Morgan fingerprint density at radius 3 is 2.55 bits per heavy atom. The molecule has 20 heavy (non-hydrogen) atoms. The second-order valence-electron chi connectivity index (χ2n) is 6.09. The van der Waals surface area contributed by atoms with Gasteiger partial charge in [0.2, 0.25) is 5.88 Å². The second kappa shape index (κ2) is 6.55. The molecule has 2 rings (SSSR count). The lowest BCUT2D eigenvalue weighted by Gasteiger charge is -2.42. The minimum absolute atomic E-state index is 0.273. The van der Waals surface area contributed by atoms with Crippen LogP contribution in [0.1, 0.15) is 44.7 Å². The fourth-order valence-corrected chi connectivity index (χ4v) is 2.93. The molecule has 0 bridgehead atoms. The lowest BCUT2D eigenvalue weighted by molar-refractivity contribution is 0.0827. The third-order valence-corrected chi connectivity index (χ3v) is 4.88. The van der Waals surface area contributed by atoms with Crippen molar-refractivity contribution < 1.29 is 4.74 Å². The number of methoxy groups -OCH3 is 1. The summed E-state index contributed by atoms with van der Waals surface area (Å²) in [6, 6.07) is 4.27. The van der Waals surface area contributed by atoms with Gasteiger partial charge in [-0.15, -0.1) is 0 Å². The van der Waals surface area contributed by atoms with E-state index in [0.717, 1.165) is 13.1 Å². The second-order valence-corrected chi connectivity index (χ2v) is 6.09. The van der Waals surface area contributed by atoms with E-state index in [-0.39, 0.29) is 6.04 Å². The molecule has 0 radical (unpaired) electrons. The predicted molar refractivity (Wildman–Crippen MR) is 81.8 cm³/mol. The molecule has 112 valence electrons. The number of hydrogen-bond donors (Lipinski definition) is 1. The molecule has 1 fully saturated rings. The number of hydrogen-bond acceptors (Lipinski definition) is 4. The Bertz CT molecular complexity index is 410. The average Bonchev–Trinajstić information content (AvgIpc) is 2.51. The Kier molecular flexibility index (Phi) is 5.00. The van der Waals surface area contributed by atoms with Crippen molar-refractivity contribution in [2.45, 2.75) is 39.2 Å². The van der Waals surface area contributed by atoms with Crippen LogP contribution in [0, 0.1) is 5.41 Å². The van der Waals surface area contributed by atoms with Crippen LogP contribution in [0.2, 0.25) is 0 Å². The van der Waals surface area contributed by atoms with Gasteiger partial charge in [-0.3, -0.25) is 4.90 Å². The maximum absolute atomic E-state index is 6.01. The smallest absolute Gasteiger partial charge is 0.212 e. The van der Waals surface area contributed by atoms with Gasteiger partial charge in [0.25, 0.3) is 0 Å². The zero-order valence-electron chi connectivity index (χ0n) is 12.9. The molecule has 1 aromatic heterocycles. The van der Waals surface area contributed by atoms with Crippen molar-refractivity contribution in [3.63, 3.8) is 0 Å². The number of piperidine rings is 1. The standard InChI is InChI=1S/C16H27N3O/c1-4-16(2)7-9-19(10-8-16)14(11-17)13-5-6-15(20-3)18-12-13/h5-6,12,14H,4,7-11,17H2,1-3H3. The van der Waals surface area contributed by atoms with Gasteiger partial charge in [0.05, 0.1) is 7.11 Å². The largest absolute Gasteiger partial charge is 0.481 e. The summed E-state index contributed by atoms with van der Waals surface area (Å²) >= 11 is 0. The first-order valence-corrected chi connectivity index (χ1v) is 7.56. The number of nitrogens with two attached hydrogens (primary N) is 1. The maximum atomic E-state index is 6.01. The van der Waals surface area contributed by atoms with Gasteiger partial charge in [-0.25, -0.2) is 4.98 Å². The summed E-state index contributed by atoms with van der Waals surface area (Å²) in [6.07, 6.45) is 5.66. The molecule has 0 aliphatic carbocycles. The topological polar surface area (TPSA) is 51.4 Å². The van der Waals surface area contributed by atoms with Crippen molar-refractivity contribution in [1.82, 2.24) is 9.88 Å². The number of nitrogens with zero attached hydrogens (tertiary/aromatic N) is 2. The summed E-state index contributed by atoms with van der Waals surface area (Å²) in [6.45, 7) is 7.58. The van der Waals surface area contributed by atoms with Crippen molar-refractivity contribution in [2.75, 3.05) is 26.7 Å². The average molecular weight is 277 g/mol. The zero-order chi connectivity index (χ0) is 14.6. The van der Waals surface area contributed by atoms with Gasteiger partial charge in [-0.05, 0) is 36.9 Å². The van der Waals surface area contributed by atoms with E-state index in [4.69, 9.17) is 10.5 Å². The Labute approximate surface area is 122 Å². The summed E-state index contributed by atoms with van der Waals surface area (Å²) < 4.78 is 5.11. The molecule has 0 saturated carbocycles. The molecular formula is C16H27N3O. The van der Waals surface area contributed by atoms with Crippen molar-refractivity contribution in [1.29, 1.82) is 0 Å². The molecule has 0 spiro atoms. The van der Waals surface area contributed by atoms with Gasteiger partial charge in [0.15, 0.2) is 0 Å². The molecule has 1 atom stereocenters. The fourth-order valence-electron chi connectivity index (χ4n) is 2.93. The molecule has 0 aromatic carbocycles. The van der Waals surface area contributed by atoms with Crippen LogP contribution in [0.15, 0.2) is 18.3 Å². The highest BCUT2D eigenvalue weighted by atomic mass is 16.5. The normalized spacial score (nSPS) is 20.6. The molecule has 2 N–H and O–H groups in total. The highest BCUT2D eigenvalue weighted by Crippen LogP contribution is 2.36. The molecule has 0 amide bonds. The Balaban J connectivity index is 2.05. The molecular weight excluding hydrogens is 250 g/mol. The van der Waals surface area contributed by atoms with Crippen LogP contribution >= 0.6 is 0 Å². The molecule has 2 heterocycles. The number of pyridine rings is 1. The van der Waals surface area contributed by atoms with Crippen molar-refractivity contribution in [3.8, 4) is 5.88 Å². The fraction of sp³-hybridized carbons (Fsp3) is 0.688. The van der Waals surface area contributed by atoms with Crippen LogP contribution in [0.3, 0.4) is 0 Å². The molecule has 1 aromatic rings. The third-order valence-electron chi connectivity index (χ3n) is 4.88. The summed E-state index contributed by atoms with van der Waals surface area (Å²) in [4.78, 5) is 6.80. The minimum atomic E-state index is 0.273. The first-order valence-electron chi connectivity index (χ1n) is 7.56. The summed E-state index contributed by atoms with van der Waals surface area (Å²) in [5.74, 6) is 0.654. The molecule has 1 aliphatic rings. The molecule has 1 unspecified atom stereocenters. The zero-order valence-corrected chi connectivity index (χ0v) is 12.9. The SMILES string of the molecule is CCC1(C)CCN(C(CN)c2ccc(OC)nc2)CC1. The van der Waals surface area contributed by atoms with Gasteiger partial charge in [0.1, 0.15) is 0 Å². The molecule has 1 aliphatic heterocycles. The van der Waals surface area contributed by atoms with E-state index in [1.54, 1.807) is 7.11 Å². The number of rotatable bonds is 5. The lowest BCUT2D eigenvalue weighted by Crippen LogP contribution is -2.42. The van der Waals surface area contributed by atoms with Crippen LogP contribution in [-0.2, 0) is 0 Å². The van der Waals surface area contributed by atoms with Crippen LogP contribution in [0.25, 0.3) is 0 Å². The monoisotopic (exact) mass is 277 g/mol. The minimum Gasteiger partial charge on any atom is -0.481 e. The lowest BCUT2D eigenvalue weighted by atomic mass is 9.78.